The molecule has 0 aliphatic rings. The van der Waals surface area contributed by atoms with Gasteiger partial charge in [0.25, 0.3) is 0 Å². The third kappa shape index (κ3) is 4.70. The fourth-order valence-corrected chi connectivity index (χ4v) is 2.34. The highest BCUT2D eigenvalue weighted by atomic mass is 35.5. The predicted molar refractivity (Wildman–Crippen MR) is 94.6 cm³/mol. The van der Waals surface area contributed by atoms with Gasteiger partial charge in [-0.25, -0.2) is 0 Å². The molecule has 0 bridgehead atoms. The van der Waals surface area contributed by atoms with Gasteiger partial charge in [-0.3, -0.25) is 5.43 Å². The van der Waals surface area contributed by atoms with Gasteiger partial charge in [0, 0.05) is 11.3 Å². The average molecular weight is 338 g/mol. The summed E-state index contributed by atoms with van der Waals surface area (Å²) < 4.78 is 0. The molecule has 0 spiro atoms. The van der Waals surface area contributed by atoms with Crippen LogP contribution in [0.1, 0.15) is 11.1 Å². The maximum absolute atomic E-state index is 6.04. The van der Waals surface area contributed by atoms with E-state index in [1.165, 1.54) is 6.21 Å². The summed E-state index contributed by atoms with van der Waals surface area (Å²) in [4.78, 5) is 0. The van der Waals surface area contributed by atoms with Crippen LogP contribution in [0.25, 0.3) is 0 Å². The molecule has 108 valence electrons. The molecule has 0 amide bonds. The van der Waals surface area contributed by atoms with Crippen LogP contribution < -0.4 is 10.7 Å². The van der Waals surface area contributed by atoms with E-state index in [2.05, 4.69) is 15.8 Å². The number of nitrogens with zero attached hydrogens (tertiary/aromatic N) is 1. The van der Waals surface area contributed by atoms with Crippen LogP contribution in [-0.2, 0) is 0 Å². The van der Waals surface area contributed by atoms with Gasteiger partial charge in [-0.1, -0.05) is 41.4 Å². The van der Waals surface area contributed by atoms with E-state index in [9.17, 15) is 0 Å². The molecule has 0 saturated carbocycles. The Morgan fingerprint density at radius 3 is 2.48 bits per heavy atom. The number of hydrogen-bond acceptors (Lipinski definition) is 2. The molecule has 0 aliphatic carbocycles. The van der Waals surface area contributed by atoms with Gasteiger partial charge in [-0.05, 0) is 49.0 Å². The minimum atomic E-state index is 0.389. The predicted octanol–water partition coefficient (Wildman–Crippen LogP) is 4.62. The fourth-order valence-electron chi connectivity index (χ4n) is 1.67. The number of thiocarbonyl (C=S) groups is 1. The summed E-state index contributed by atoms with van der Waals surface area (Å²) in [6, 6.07) is 13.2. The molecular weight excluding hydrogens is 325 g/mol. The molecule has 2 N–H and O–H groups in total. The van der Waals surface area contributed by atoms with E-state index in [0.29, 0.717) is 20.7 Å². The second-order valence-corrected chi connectivity index (χ2v) is 5.55. The van der Waals surface area contributed by atoms with Gasteiger partial charge in [0.15, 0.2) is 5.11 Å². The zero-order valence-electron chi connectivity index (χ0n) is 11.2. The summed E-state index contributed by atoms with van der Waals surface area (Å²) in [6.45, 7) is 2.01. The van der Waals surface area contributed by atoms with E-state index < -0.39 is 0 Å². The first-order valence-corrected chi connectivity index (χ1v) is 7.33. The third-order valence-electron chi connectivity index (χ3n) is 2.64. The zero-order chi connectivity index (χ0) is 15.2. The molecule has 0 atom stereocenters. The third-order valence-corrected chi connectivity index (χ3v) is 3.49. The Morgan fingerprint density at radius 1 is 1.14 bits per heavy atom. The standard InChI is InChI=1S/C15H13Cl2N3S/c1-10-4-2-5-11(8-10)19-15(21)20-18-9-12-13(16)6-3-7-14(12)17/h2-9H,1H3,(H2,19,20,21)/b18-9-. The quantitative estimate of drug-likeness (QED) is 0.487. The maximum Gasteiger partial charge on any atom is 0.191 e. The van der Waals surface area contributed by atoms with Crippen LogP contribution in [0.5, 0.6) is 0 Å². The molecule has 2 rings (SSSR count). The van der Waals surface area contributed by atoms with Crippen molar-refractivity contribution in [2.75, 3.05) is 5.32 Å². The second kappa shape index (κ2) is 7.41. The van der Waals surface area contributed by atoms with Crippen molar-refractivity contribution in [2.24, 2.45) is 5.10 Å². The van der Waals surface area contributed by atoms with Crippen molar-refractivity contribution in [3.05, 3.63) is 63.6 Å². The lowest BCUT2D eigenvalue weighted by atomic mass is 10.2. The monoisotopic (exact) mass is 337 g/mol. The Bertz CT molecular complexity index is 666. The van der Waals surface area contributed by atoms with Gasteiger partial charge in [-0.15, -0.1) is 0 Å². The van der Waals surface area contributed by atoms with Crippen LogP contribution >= 0.6 is 35.4 Å². The van der Waals surface area contributed by atoms with Crippen LogP contribution in [0, 0.1) is 6.92 Å². The summed E-state index contributed by atoms with van der Waals surface area (Å²) >= 11 is 17.2. The lowest BCUT2D eigenvalue weighted by Gasteiger charge is -2.07. The summed E-state index contributed by atoms with van der Waals surface area (Å²) in [6.07, 6.45) is 1.54. The van der Waals surface area contributed by atoms with E-state index in [4.69, 9.17) is 35.4 Å². The molecule has 2 aromatic carbocycles. The van der Waals surface area contributed by atoms with Crippen molar-refractivity contribution in [3.8, 4) is 0 Å². The zero-order valence-corrected chi connectivity index (χ0v) is 13.6. The van der Waals surface area contributed by atoms with Gasteiger partial charge in [0.05, 0.1) is 16.3 Å². The SMILES string of the molecule is Cc1cccc(NC(=S)N/N=C\c2c(Cl)cccc2Cl)c1. The number of hydrogen-bond donors (Lipinski definition) is 2. The normalized spacial score (nSPS) is 10.6. The van der Waals surface area contributed by atoms with Gasteiger partial charge in [-0.2, -0.15) is 5.10 Å². The van der Waals surface area contributed by atoms with Crippen molar-refractivity contribution in [1.29, 1.82) is 0 Å². The molecule has 3 nitrogen and oxygen atoms in total. The van der Waals surface area contributed by atoms with Crippen LogP contribution in [0.3, 0.4) is 0 Å². The van der Waals surface area contributed by atoms with E-state index in [1.807, 2.05) is 31.2 Å². The highest BCUT2D eigenvalue weighted by molar-refractivity contribution is 7.80. The first-order valence-electron chi connectivity index (χ1n) is 6.17. The van der Waals surface area contributed by atoms with Crippen LogP contribution in [0.2, 0.25) is 10.0 Å². The molecule has 0 aromatic heterocycles. The summed E-state index contributed by atoms with van der Waals surface area (Å²) in [7, 11) is 0. The van der Waals surface area contributed by atoms with Gasteiger partial charge in [0.2, 0.25) is 0 Å². The number of aryl methyl sites for hydroxylation is 1. The molecule has 6 heteroatoms. The van der Waals surface area contributed by atoms with Crippen molar-refractivity contribution >= 4 is 52.4 Å². The average Bonchev–Trinajstić information content (AvgIpc) is 2.42. The van der Waals surface area contributed by atoms with Gasteiger partial charge >= 0.3 is 0 Å². The lowest BCUT2D eigenvalue weighted by molar-refractivity contribution is 1.05. The number of benzene rings is 2. The van der Waals surface area contributed by atoms with Gasteiger partial charge in [0.1, 0.15) is 0 Å². The number of halogens is 2. The molecular formula is C15H13Cl2N3S. The Hall–Kier alpha value is -1.62. The van der Waals surface area contributed by atoms with Crippen LogP contribution in [-0.4, -0.2) is 11.3 Å². The van der Waals surface area contributed by atoms with E-state index >= 15 is 0 Å². The molecule has 0 radical (unpaired) electrons. The minimum Gasteiger partial charge on any atom is -0.331 e. The van der Waals surface area contributed by atoms with Crippen LogP contribution in [0.15, 0.2) is 47.6 Å². The van der Waals surface area contributed by atoms with Crippen LogP contribution in [0.4, 0.5) is 5.69 Å². The van der Waals surface area contributed by atoms with E-state index in [-0.39, 0.29) is 0 Å². The lowest BCUT2D eigenvalue weighted by Crippen LogP contribution is -2.23. The number of rotatable bonds is 3. The first-order chi connectivity index (χ1) is 10.1. The Kier molecular flexibility index (Phi) is 5.56. The van der Waals surface area contributed by atoms with Crippen molar-refractivity contribution < 1.29 is 0 Å². The topological polar surface area (TPSA) is 36.4 Å². The molecule has 2 aromatic rings. The maximum atomic E-state index is 6.04. The van der Waals surface area contributed by atoms with Crippen molar-refractivity contribution in [1.82, 2.24) is 5.43 Å². The van der Waals surface area contributed by atoms with E-state index in [0.717, 1.165) is 11.3 Å². The number of anilines is 1. The molecule has 0 unspecified atom stereocenters. The number of hydrazone groups is 1. The molecule has 0 aliphatic heterocycles. The second-order valence-electron chi connectivity index (χ2n) is 4.33. The van der Waals surface area contributed by atoms with Crippen molar-refractivity contribution in [2.45, 2.75) is 6.92 Å². The molecule has 0 heterocycles. The largest absolute Gasteiger partial charge is 0.331 e. The molecule has 21 heavy (non-hydrogen) atoms. The fraction of sp³-hybridized carbons (Fsp3) is 0.0667. The summed E-state index contributed by atoms with van der Waals surface area (Å²) in [5, 5.41) is 8.53. The highest BCUT2D eigenvalue weighted by Gasteiger charge is 2.02. The minimum absolute atomic E-state index is 0.389. The Morgan fingerprint density at radius 2 is 1.81 bits per heavy atom. The summed E-state index contributed by atoms with van der Waals surface area (Å²) in [5.41, 5.74) is 5.42. The number of nitrogens with one attached hydrogen (secondary N) is 2. The Labute approximate surface area is 139 Å². The highest BCUT2D eigenvalue weighted by Crippen LogP contribution is 2.21. The van der Waals surface area contributed by atoms with Gasteiger partial charge < -0.3 is 5.32 Å². The Balaban J connectivity index is 1.96. The van der Waals surface area contributed by atoms with Crippen molar-refractivity contribution in [3.63, 3.8) is 0 Å². The summed E-state index contributed by atoms with van der Waals surface area (Å²) in [5.74, 6) is 0. The smallest absolute Gasteiger partial charge is 0.191 e. The molecule has 0 saturated heterocycles. The van der Waals surface area contributed by atoms with E-state index in [1.54, 1.807) is 18.2 Å². The molecule has 0 fully saturated rings. The first kappa shape index (κ1) is 15.8.